The van der Waals surface area contributed by atoms with Gasteiger partial charge in [-0.15, -0.1) is 11.3 Å². The number of nitrogens with two attached hydrogens (primary N) is 1. The molecule has 17 heavy (non-hydrogen) atoms. The molecule has 0 saturated heterocycles. The molecule has 90 valence electrons. The highest BCUT2D eigenvalue weighted by molar-refractivity contribution is 7.17. The van der Waals surface area contributed by atoms with Gasteiger partial charge in [0, 0.05) is 27.5 Å². The van der Waals surface area contributed by atoms with Crippen LogP contribution in [0, 0.1) is 5.41 Å². The lowest BCUT2D eigenvalue weighted by Crippen LogP contribution is -2.26. The molecule has 0 bridgehead atoms. The number of carbonyl (C=O) groups excluding carboxylic acids is 1. The molecule has 0 amide bonds. The minimum absolute atomic E-state index is 0.125. The molecule has 1 aromatic carbocycles. The van der Waals surface area contributed by atoms with Crippen molar-refractivity contribution in [1.82, 2.24) is 0 Å². The fourth-order valence-electron chi connectivity index (χ4n) is 1.80. The highest BCUT2D eigenvalue weighted by Crippen LogP contribution is 2.29. The summed E-state index contributed by atoms with van der Waals surface area (Å²) in [5.41, 5.74) is 6.39. The number of fused-ring (bicyclic) bond motifs is 1. The zero-order valence-corrected chi connectivity index (χ0v) is 11.0. The summed E-state index contributed by atoms with van der Waals surface area (Å²) >= 11 is 1.62. The van der Waals surface area contributed by atoms with Crippen LogP contribution in [0.25, 0.3) is 10.1 Å². The maximum atomic E-state index is 12.2. The van der Waals surface area contributed by atoms with Crippen molar-refractivity contribution in [3.8, 4) is 0 Å². The predicted molar refractivity (Wildman–Crippen MR) is 73.6 cm³/mol. The van der Waals surface area contributed by atoms with Gasteiger partial charge < -0.3 is 5.73 Å². The summed E-state index contributed by atoms with van der Waals surface area (Å²) in [4.78, 5) is 12.2. The van der Waals surface area contributed by atoms with Crippen molar-refractivity contribution >= 4 is 27.2 Å². The summed E-state index contributed by atoms with van der Waals surface area (Å²) < 4.78 is 1.17. The first-order valence-electron chi connectivity index (χ1n) is 5.73. The van der Waals surface area contributed by atoms with Crippen molar-refractivity contribution in [2.24, 2.45) is 11.1 Å². The molecule has 2 rings (SSSR count). The van der Waals surface area contributed by atoms with E-state index in [-0.39, 0.29) is 11.2 Å². The van der Waals surface area contributed by atoms with E-state index in [9.17, 15) is 4.79 Å². The van der Waals surface area contributed by atoms with Crippen LogP contribution in [-0.4, -0.2) is 12.3 Å². The lowest BCUT2D eigenvalue weighted by Gasteiger charge is -2.20. The standard InChI is InChI=1S/C14H17NOS/c1-14(2,9-15)7-12(16)11-8-17-13-6-4-3-5-10(11)13/h3-6,8H,7,9,15H2,1-2H3. The molecule has 0 aliphatic heterocycles. The summed E-state index contributed by atoms with van der Waals surface area (Å²) in [6, 6.07) is 8.02. The van der Waals surface area contributed by atoms with Crippen LogP contribution >= 0.6 is 11.3 Å². The van der Waals surface area contributed by atoms with Crippen LogP contribution in [0.1, 0.15) is 30.6 Å². The average molecular weight is 247 g/mol. The normalized spacial score (nSPS) is 11.9. The molecular formula is C14H17NOS. The summed E-state index contributed by atoms with van der Waals surface area (Å²) in [6.45, 7) is 4.58. The number of hydrogen-bond donors (Lipinski definition) is 1. The van der Waals surface area contributed by atoms with Crippen molar-refractivity contribution in [2.75, 3.05) is 6.54 Å². The second-order valence-electron chi connectivity index (χ2n) is 5.11. The molecule has 0 unspecified atom stereocenters. The average Bonchev–Trinajstić information content (AvgIpc) is 2.72. The Bertz CT molecular complexity index is 542. The van der Waals surface area contributed by atoms with Crippen LogP contribution in [0.2, 0.25) is 0 Å². The Balaban J connectivity index is 2.31. The molecule has 2 N–H and O–H groups in total. The zero-order valence-electron chi connectivity index (χ0n) is 10.2. The fraction of sp³-hybridized carbons (Fsp3) is 0.357. The van der Waals surface area contributed by atoms with E-state index in [4.69, 9.17) is 5.73 Å². The topological polar surface area (TPSA) is 43.1 Å². The van der Waals surface area contributed by atoms with E-state index in [0.29, 0.717) is 13.0 Å². The first kappa shape index (κ1) is 12.3. The second kappa shape index (κ2) is 4.59. The maximum Gasteiger partial charge on any atom is 0.164 e. The quantitative estimate of drug-likeness (QED) is 0.841. The molecule has 2 aromatic rings. The van der Waals surface area contributed by atoms with Gasteiger partial charge in [-0.2, -0.15) is 0 Å². The summed E-state index contributed by atoms with van der Waals surface area (Å²) in [5.74, 6) is 0.193. The van der Waals surface area contributed by atoms with Crippen LogP contribution in [-0.2, 0) is 0 Å². The van der Waals surface area contributed by atoms with Crippen molar-refractivity contribution in [3.63, 3.8) is 0 Å². The lowest BCUT2D eigenvalue weighted by molar-refractivity contribution is 0.0937. The van der Waals surface area contributed by atoms with Crippen LogP contribution < -0.4 is 5.73 Å². The van der Waals surface area contributed by atoms with E-state index >= 15 is 0 Å². The Morgan fingerprint density at radius 2 is 2.06 bits per heavy atom. The van der Waals surface area contributed by atoms with Crippen molar-refractivity contribution in [2.45, 2.75) is 20.3 Å². The van der Waals surface area contributed by atoms with Gasteiger partial charge in [-0.05, 0) is 18.0 Å². The minimum atomic E-state index is -0.125. The molecule has 0 saturated carbocycles. The monoisotopic (exact) mass is 247 g/mol. The third-order valence-electron chi connectivity index (χ3n) is 2.97. The number of ketones is 1. The van der Waals surface area contributed by atoms with Gasteiger partial charge in [-0.25, -0.2) is 0 Å². The molecule has 0 radical (unpaired) electrons. The first-order chi connectivity index (χ1) is 8.03. The van der Waals surface area contributed by atoms with E-state index < -0.39 is 0 Å². The van der Waals surface area contributed by atoms with Crippen molar-refractivity contribution in [1.29, 1.82) is 0 Å². The van der Waals surface area contributed by atoms with Crippen LogP contribution in [0.3, 0.4) is 0 Å². The van der Waals surface area contributed by atoms with Crippen molar-refractivity contribution in [3.05, 3.63) is 35.2 Å². The number of carbonyl (C=O) groups is 1. The van der Waals surface area contributed by atoms with Gasteiger partial charge in [0.1, 0.15) is 0 Å². The Kier molecular flexibility index (Phi) is 3.31. The number of hydrogen-bond acceptors (Lipinski definition) is 3. The van der Waals surface area contributed by atoms with E-state index in [1.807, 2.05) is 43.5 Å². The van der Waals surface area contributed by atoms with Gasteiger partial charge in [-0.1, -0.05) is 32.0 Å². The molecule has 1 aromatic heterocycles. The van der Waals surface area contributed by atoms with Gasteiger partial charge in [-0.3, -0.25) is 4.79 Å². The molecule has 0 spiro atoms. The largest absolute Gasteiger partial charge is 0.330 e. The van der Waals surface area contributed by atoms with Gasteiger partial charge in [0.2, 0.25) is 0 Å². The maximum absolute atomic E-state index is 12.2. The molecular weight excluding hydrogens is 230 g/mol. The van der Waals surface area contributed by atoms with Gasteiger partial charge in [0.25, 0.3) is 0 Å². The van der Waals surface area contributed by atoms with Crippen LogP contribution in [0.4, 0.5) is 0 Å². The SMILES string of the molecule is CC(C)(CN)CC(=O)c1csc2ccccc12. The van der Waals surface area contributed by atoms with Crippen LogP contribution in [0.15, 0.2) is 29.6 Å². The van der Waals surface area contributed by atoms with Gasteiger partial charge >= 0.3 is 0 Å². The number of benzene rings is 1. The molecule has 0 aliphatic rings. The molecule has 0 fully saturated rings. The number of thiophene rings is 1. The summed E-state index contributed by atoms with van der Waals surface area (Å²) in [6.07, 6.45) is 0.504. The molecule has 2 nitrogen and oxygen atoms in total. The number of rotatable bonds is 4. The lowest BCUT2D eigenvalue weighted by atomic mass is 9.86. The Hall–Kier alpha value is -1.19. The predicted octanol–water partition coefficient (Wildman–Crippen LogP) is 3.46. The molecule has 1 heterocycles. The Morgan fingerprint density at radius 3 is 2.76 bits per heavy atom. The van der Waals surface area contributed by atoms with Gasteiger partial charge in [0.15, 0.2) is 5.78 Å². The molecule has 0 aliphatic carbocycles. The zero-order chi connectivity index (χ0) is 12.5. The fourth-order valence-corrected chi connectivity index (χ4v) is 2.76. The number of Topliss-reactive ketones (excluding diaryl/α,β-unsaturated/α-hetero) is 1. The molecule has 3 heteroatoms. The smallest absolute Gasteiger partial charge is 0.164 e. The van der Waals surface area contributed by atoms with Gasteiger partial charge in [0.05, 0.1) is 0 Å². The van der Waals surface area contributed by atoms with Crippen LogP contribution in [0.5, 0.6) is 0 Å². The van der Waals surface area contributed by atoms with E-state index in [1.165, 1.54) is 4.70 Å². The molecule has 0 atom stereocenters. The van der Waals surface area contributed by atoms with Crippen molar-refractivity contribution < 1.29 is 4.79 Å². The van der Waals surface area contributed by atoms with E-state index in [0.717, 1.165) is 10.9 Å². The first-order valence-corrected chi connectivity index (χ1v) is 6.61. The highest BCUT2D eigenvalue weighted by atomic mass is 32.1. The highest BCUT2D eigenvalue weighted by Gasteiger charge is 2.22. The minimum Gasteiger partial charge on any atom is -0.330 e. The summed E-state index contributed by atoms with van der Waals surface area (Å²) in [5, 5.41) is 3.02. The second-order valence-corrected chi connectivity index (χ2v) is 6.03. The Morgan fingerprint density at radius 1 is 1.35 bits per heavy atom. The van der Waals surface area contributed by atoms with E-state index in [1.54, 1.807) is 11.3 Å². The van der Waals surface area contributed by atoms with E-state index in [2.05, 4.69) is 0 Å². The third kappa shape index (κ3) is 2.56. The summed E-state index contributed by atoms with van der Waals surface area (Å²) in [7, 11) is 0. The Labute approximate surface area is 105 Å². The third-order valence-corrected chi connectivity index (χ3v) is 3.94.